The van der Waals surface area contributed by atoms with Crippen LogP contribution < -0.4 is 4.74 Å². The molecule has 1 N–H and O–H groups in total. The van der Waals surface area contributed by atoms with Crippen molar-refractivity contribution in [2.24, 2.45) is 5.92 Å². The van der Waals surface area contributed by atoms with E-state index in [2.05, 4.69) is 0 Å². The van der Waals surface area contributed by atoms with Crippen molar-refractivity contribution in [2.75, 3.05) is 20.3 Å². The summed E-state index contributed by atoms with van der Waals surface area (Å²) >= 11 is 0. The van der Waals surface area contributed by atoms with Crippen LogP contribution in [0, 0.1) is 5.92 Å². The first-order chi connectivity index (χ1) is 12.1. The lowest BCUT2D eigenvalue weighted by atomic mass is 10.0. The summed E-state index contributed by atoms with van der Waals surface area (Å²) < 4.78 is 16.5. The molecule has 0 aliphatic heterocycles. The van der Waals surface area contributed by atoms with Gasteiger partial charge in [0.1, 0.15) is 5.75 Å². The average molecular weight is 348 g/mol. The number of benzene rings is 1. The van der Waals surface area contributed by atoms with Crippen LogP contribution in [0.5, 0.6) is 5.75 Å². The highest BCUT2D eigenvalue weighted by molar-refractivity contribution is 5.70. The number of hydrogen-bond donors (Lipinski definition) is 1. The van der Waals surface area contributed by atoms with E-state index >= 15 is 0 Å². The second-order valence-electron chi connectivity index (χ2n) is 6.20. The zero-order valence-electron chi connectivity index (χ0n) is 15.2. The highest BCUT2D eigenvalue weighted by Crippen LogP contribution is 2.39. The normalized spacial score (nSPS) is 20.5. The van der Waals surface area contributed by atoms with Gasteiger partial charge in [0, 0.05) is 24.5 Å². The van der Waals surface area contributed by atoms with E-state index in [1.54, 1.807) is 14.0 Å². The van der Waals surface area contributed by atoms with Crippen LogP contribution in [0.4, 0.5) is 0 Å². The number of rotatable bonds is 10. The van der Waals surface area contributed by atoms with Gasteiger partial charge in [-0.2, -0.15) is 0 Å². The number of carbonyl (C=O) groups excluding carboxylic acids is 1. The van der Waals surface area contributed by atoms with Gasteiger partial charge in [-0.3, -0.25) is 4.79 Å². The molecule has 5 heteroatoms. The Labute approximate surface area is 149 Å². The number of carbonyl (C=O) groups is 1. The van der Waals surface area contributed by atoms with Gasteiger partial charge in [0.15, 0.2) is 0 Å². The molecule has 138 valence electrons. The minimum Gasteiger partial charge on any atom is -0.496 e. The molecule has 1 aliphatic rings. The predicted molar refractivity (Wildman–Crippen MR) is 96.4 cm³/mol. The number of allylic oxidation sites excluding steroid dienone is 1. The molecule has 0 amide bonds. The van der Waals surface area contributed by atoms with Crippen molar-refractivity contribution in [2.45, 2.75) is 45.3 Å². The first kappa shape index (κ1) is 19.5. The van der Waals surface area contributed by atoms with Crippen molar-refractivity contribution in [1.29, 1.82) is 0 Å². The Bertz CT molecular complexity index is 596. The molecule has 0 aromatic heterocycles. The van der Waals surface area contributed by atoms with Crippen molar-refractivity contribution in [1.82, 2.24) is 0 Å². The summed E-state index contributed by atoms with van der Waals surface area (Å²) in [5.74, 6) is 0.847. The van der Waals surface area contributed by atoms with Crippen LogP contribution in [-0.4, -0.2) is 37.5 Å². The number of ether oxygens (including phenoxy) is 3. The molecule has 5 nitrogen and oxygen atoms in total. The number of aliphatic hydroxyl groups is 1. The van der Waals surface area contributed by atoms with E-state index in [-0.39, 0.29) is 30.7 Å². The van der Waals surface area contributed by atoms with E-state index in [0.717, 1.165) is 23.3 Å². The molecule has 1 aliphatic carbocycles. The number of methoxy groups -OCH3 is 1. The smallest absolute Gasteiger partial charge is 0.306 e. The van der Waals surface area contributed by atoms with Crippen molar-refractivity contribution < 1.29 is 24.1 Å². The Hall–Kier alpha value is -1.85. The third-order valence-electron chi connectivity index (χ3n) is 4.33. The van der Waals surface area contributed by atoms with Gasteiger partial charge in [-0.15, -0.1) is 0 Å². The molecule has 0 spiro atoms. The molecule has 25 heavy (non-hydrogen) atoms. The molecular weight excluding hydrogens is 320 g/mol. The summed E-state index contributed by atoms with van der Waals surface area (Å²) in [7, 11) is 1.64. The van der Waals surface area contributed by atoms with E-state index in [1.165, 1.54) is 0 Å². The van der Waals surface area contributed by atoms with Crippen molar-refractivity contribution >= 4 is 12.0 Å². The second kappa shape index (κ2) is 9.59. The third kappa shape index (κ3) is 5.58. The standard InChI is InChI=1S/C20H28O5/c1-4-24-20(22)11-6-5-8-17-16(9-7-10-18(17)23-3)14(2)25-19-12-15(19)13-21/h5,7-10,14-15,19,21H,4,6,11-13H2,1-3H3/b8-5+/t14-,15?,19?/m1/s1. The summed E-state index contributed by atoms with van der Waals surface area (Å²) in [4.78, 5) is 11.4. The van der Waals surface area contributed by atoms with Crippen LogP contribution >= 0.6 is 0 Å². The zero-order chi connectivity index (χ0) is 18.2. The van der Waals surface area contributed by atoms with Crippen LogP contribution in [0.15, 0.2) is 24.3 Å². The fourth-order valence-electron chi connectivity index (χ4n) is 2.82. The fraction of sp³-hybridized carbons (Fsp3) is 0.550. The van der Waals surface area contributed by atoms with Crippen LogP contribution in [0.1, 0.15) is 50.3 Å². The molecule has 1 fully saturated rings. The Morgan fingerprint density at radius 3 is 2.88 bits per heavy atom. The molecule has 0 radical (unpaired) electrons. The van der Waals surface area contributed by atoms with E-state index in [4.69, 9.17) is 14.2 Å². The molecule has 1 aromatic carbocycles. The summed E-state index contributed by atoms with van der Waals surface area (Å²) in [6.45, 7) is 4.40. The first-order valence-corrected chi connectivity index (χ1v) is 8.86. The van der Waals surface area contributed by atoms with Crippen LogP contribution in [0.2, 0.25) is 0 Å². The van der Waals surface area contributed by atoms with E-state index in [0.29, 0.717) is 19.4 Å². The molecule has 1 saturated carbocycles. The van der Waals surface area contributed by atoms with E-state index in [9.17, 15) is 9.90 Å². The maximum Gasteiger partial charge on any atom is 0.306 e. The molecule has 2 rings (SSSR count). The van der Waals surface area contributed by atoms with Gasteiger partial charge in [0.25, 0.3) is 0 Å². The molecule has 3 atom stereocenters. The second-order valence-corrected chi connectivity index (χ2v) is 6.20. The Balaban J connectivity index is 2.05. The lowest BCUT2D eigenvalue weighted by Crippen LogP contribution is -2.07. The van der Waals surface area contributed by atoms with Crippen molar-refractivity contribution in [3.63, 3.8) is 0 Å². The van der Waals surface area contributed by atoms with Crippen molar-refractivity contribution in [3.05, 3.63) is 35.4 Å². The topological polar surface area (TPSA) is 65.0 Å². The minimum atomic E-state index is -0.187. The Morgan fingerprint density at radius 1 is 1.44 bits per heavy atom. The van der Waals surface area contributed by atoms with Gasteiger partial charge < -0.3 is 19.3 Å². The molecule has 2 unspecified atom stereocenters. The average Bonchev–Trinajstić information content (AvgIpc) is 3.36. The highest BCUT2D eigenvalue weighted by atomic mass is 16.5. The monoisotopic (exact) mass is 348 g/mol. The van der Waals surface area contributed by atoms with Gasteiger partial charge in [-0.1, -0.05) is 24.3 Å². The first-order valence-electron chi connectivity index (χ1n) is 8.86. The number of aliphatic hydroxyl groups excluding tert-OH is 1. The van der Waals surface area contributed by atoms with E-state index in [1.807, 2.05) is 37.3 Å². The molecule has 0 heterocycles. The highest BCUT2D eigenvalue weighted by Gasteiger charge is 2.39. The summed E-state index contributed by atoms with van der Waals surface area (Å²) in [6.07, 6.45) is 5.85. The van der Waals surface area contributed by atoms with Gasteiger partial charge in [0.2, 0.25) is 0 Å². The third-order valence-corrected chi connectivity index (χ3v) is 4.33. The van der Waals surface area contributed by atoms with Gasteiger partial charge in [-0.25, -0.2) is 0 Å². The summed E-state index contributed by atoms with van der Waals surface area (Å²) in [5.41, 5.74) is 2.00. The zero-order valence-corrected chi connectivity index (χ0v) is 15.2. The SMILES string of the molecule is CCOC(=O)CC/C=C/c1c(OC)cccc1[C@@H](C)OC1CC1CO. The van der Waals surface area contributed by atoms with Gasteiger partial charge in [0.05, 0.1) is 25.9 Å². The van der Waals surface area contributed by atoms with Crippen molar-refractivity contribution in [3.8, 4) is 5.75 Å². The lowest BCUT2D eigenvalue weighted by Gasteiger charge is -2.18. The summed E-state index contributed by atoms with van der Waals surface area (Å²) in [6, 6.07) is 5.88. The minimum absolute atomic E-state index is 0.0960. The quantitative estimate of drug-likeness (QED) is 0.656. The Kier molecular flexibility index (Phi) is 7.47. The predicted octanol–water partition coefficient (Wildman–Crippen LogP) is 3.51. The largest absolute Gasteiger partial charge is 0.496 e. The van der Waals surface area contributed by atoms with E-state index < -0.39 is 0 Å². The maximum atomic E-state index is 11.4. The fourth-order valence-corrected chi connectivity index (χ4v) is 2.82. The molecule has 1 aromatic rings. The molecule has 0 saturated heterocycles. The maximum absolute atomic E-state index is 11.4. The summed E-state index contributed by atoms with van der Waals surface area (Å²) in [5, 5.41) is 9.17. The Morgan fingerprint density at radius 2 is 2.24 bits per heavy atom. The molecule has 0 bridgehead atoms. The molecular formula is C20H28O5. The van der Waals surface area contributed by atoms with Gasteiger partial charge in [-0.05, 0) is 38.3 Å². The lowest BCUT2D eigenvalue weighted by molar-refractivity contribution is -0.142. The number of hydrogen-bond acceptors (Lipinski definition) is 5. The van der Waals surface area contributed by atoms with Gasteiger partial charge >= 0.3 is 5.97 Å². The van der Waals surface area contributed by atoms with Crippen LogP contribution in [0.3, 0.4) is 0 Å². The van der Waals surface area contributed by atoms with Crippen LogP contribution in [-0.2, 0) is 14.3 Å². The number of esters is 1. The van der Waals surface area contributed by atoms with Crippen LogP contribution in [0.25, 0.3) is 6.08 Å².